The summed E-state index contributed by atoms with van der Waals surface area (Å²) in [6.07, 6.45) is 0. The van der Waals surface area contributed by atoms with Gasteiger partial charge in [0.2, 0.25) is 4.80 Å². The quantitative estimate of drug-likeness (QED) is 0.684. The summed E-state index contributed by atoms with van der Waals surface area (Å²) < 4.78 is 42.3. The third kappa shape index (κ3) is 3.54. The molecule has 0 amide bonds. The topological polar surface area (TPSA) is 69.9 Å². The highest BCUT2D eigenvalue weighted by atomic mass is 32.2. The van der Waals surface area contributed by atoms with Gasteiger partial charge in [-0.15, -0.1) is 4.40 Å². The minimum atomic E-state index is -3.80. The van der Waals surface area contributed by atoms with Crippen molar-refractivity contribution >= 4 is 31.6 Å². The second-order valence-electron chi connectivity index (χ2n) is 5.25. The van der Waals surface area contributed by atoms with E-state index in [1.54, 1.807) is 23.7 Å². The number of fused-ring (bicyclic) bond motifs is 1. The van der Waals surface area contributed by atoms with Crippen LogP contribution in [0.3, 0.4) is 0 Å². The Morgan fingerprint density at radius 1 is 1.12 bits per heavy atom. The second-order valence-corrected chi connectivity index (χ2v) is 7.86. The molecule has 0 N–H and O–H groups in total. The first-order valence-electron chi connectivity index (χ1n) is 7.62. The van der Waals surface area contributed by atoms with Crippen LogP contribution < -0.4 is 14.3 Å². The van der Waals surface area contributed by atoms with Crippen LogP contribution in [0.25, 0.3) is 10.2 Å². The molecule has 1 heterocycles. The molecule has 0 aliphatic heterocycles. The summed E-state index contributed by atoms with van der Waals surface area (Å²) in [5, 5.41) is 0. The van der Waals surface area contributed by atoms with E-state index in [-0.39, 0.29) is 4.90 Å². The predicted octanol–water partition coefficient (Wildman–Crippen LogP) is 2.94. The van der Waals surface area contributed by atoms with E-state index in [0.717, 1.165) is 16.0 Å². The number of hydrogen-bond acceptors (Lipinski definition) is 5. The third-order valence-corrected chi connectivity index (χ3v) is 6.14. The van der Waals surface area contributed by atoms with Crippen molar-refractivity contribution in [3.8, 4) is 11.5 Å². The lowest BCUT2D eigenvalue weighted by Crippen LogP contribution is -2.13. The fourth-order valence-electron chi connectivity index (χ4n) is 2.36. The van der Waals surface area contributed by atoms with Crippen molar-refractivity contribution in [2.24, 2.45) is 11.4 Å². The molecule has 0 unspecified atom stereocenters. The molecular formula is C17H18N2O4S2. The minimum absolute atomic E-state index is 0.126. The lowest BCUT2D eigenvalue weighted by atomic mass is 10.3. The Bertz CT molecular complexity index is 1060. The van der Waals surface area contributed by atoms with Gasteiger partial charge in [-0.3, -0.25) is 0 Å². The Hall–Kier alpha value is -2.32. The molecule has 0 saturated heterocycles. The number of aryl methyl sites for hydroxylation is 1. The van der Waals surface area contributed by atoms with E-state index in [9.17, 15) is 8.42 Å². The zero-order valence-electron chi connectivity index (χ0n) is 14.1. The van der Waals surface area contributed by atoms with Crippen LogP contribution >= 0.6 is 11.3 Å². The first-order valence-corrected chi connectivity index (χ1v) is 9.87. The molecule has 0 aliphatic carbocycles. The van der Waals surface area contributed by atoms with E-state index in [0.29, 0.717) is 17.2 Å². The summed E-state index contributed by atoms with van der Waals surface area (Å²) >= 11 is 1.31. The molecule has 0 spiro atoms. The van der Waals surface area contributed by atoms with Gasteiger partial charge >= 0.3 is 0 Å². The van der Waals surface area contributed by atoms with Gasteiger partial charge in [0.1, 0.15) is 11.5 Å². The van der Waals surface area contributed by atoms with Gasteiger partial charge in [-0.25, -0.2) is 0 Å². The van der Waals surface area contributed by atoms with Crippen LogP contribution in [-0.4, -0.2) is 26.7 Å². The molecule has 3 aromatic rings. The molecule has 0 radical (unpaired) electrons. The smallest absolute Gasteiger partial charge is 0.285 e. The molecule has 0 aliphatic rings. The Morgan fingerprint density at radius 3 is 2.44 bits per heavy atom. The Labute approximate surface area is 150 Å². The maximum atomic E-state index is 12.6. The van der Waals surface area contributed by atoms with Gasteiger partial charge in [0.05, 0.1) is 28.8 Å². The van der Waals surface area contributed by atoms with Crippen LogP contribution in [0.5, 0.6) is 11.5 Å². The first kappa shape index (κ1) is 17.5. The van der Waals surface area contributed by atoms with Gasteiger partial charge in [0.15, 0.2) is 0 Å². The summed E-state index contributed by atoms with van der Waals surface area (Å²) in [5.41, 5.74) is 0.900. The maximum Gasteiger partial charge on any atom is 0.285 e. The standard InChI is InChI=1S/C17H18N2O4S2/c1-4-23-13-7-10-15-16(11-13)24-17(19(15)2)18-25(20,21)14-8-5-12(22-3)6-9-14/h5-11H,4H2,1-3H3/b18-17-. The zero-order valence-corrected chi connectivity index (χ0v) is 15.7. The maximum absolute atomic E-state index is 12.6. The number of methoxy groups -OCH3 is 1. The largest absolute Gasteiger partial charge is 0.497 e. The highest BCUT2D eigenvalue weighted by Crippen LogP contribution is 2.23. The van der Waals surface area contributed by atoms with E-state index >= 15 is 0 Å². The summed E-state index contributed by atoms with van der Waals surface area (Å²) in [5.74, 6) is 1.34. The SMILES string of the molecule is CCOc1ccc2c(c1)s/c(=N\S(=O)(=O)c1ccc(OC)cc1)n2C. The van der Waals surface area contributed by atoms with E-state index in [1.807, 2.05) is 25.1 Å². The highest BCUT2D eigenvalue weighted by Gasteiger charge is 2.14. The molecular weight excluding hydrogens is 360 g/mol. The van der Waals surface area contributed by atoms with Crippen LogP contribution in [-0.2, 0) is 17.1 Å². The Balaban J connectivity index is 2.08. The fourth-order valence-corrected chi connectivity index (χ4v) is 4.64. The molecule has 1 aromatic heterocycles. The molecule has 8 heteroatoms. The summed E-state index contributed by atoms with van der Waals surface area (Å²) in [7, 11) is -0.478. The van der Waals surface area contributed by atoms with Crippen LogP contribution in [0.4, 0.5) is 0 Å². The molecule has 132 valence electrons. The van der Waals surface area contributed by atoms with Crippen molar-refractivity contribution in [2.75, 3.05) is 13.7 Å². The fraction of sp³-hybridized carbons (Fsp3) is 0.235. The van der Waals surface area contributed by atoms with E-state index < -0.39 is 10.0 Å². The summed E-state index contributed by atoms with van der Waals surface area (Å²) in [4.78, 5) is 0.528. The lowest BCUT2D eigenvalue weighted by molar-refractivity contribution is 0.341. The van der Waals surface area contributed by atoms with E-state index in [2.05, 4.69) is 4.40 Å². The molecule has 25 heavy (non-hydrogen) atoms. The first-order chi connectivity index (χ1) is 11.9. The number of ether oxygens (including phenoxy) is 2. The molecule has 6 nitrogen and oxygen atoms in total. The van der Waals surface area contributed by atoms with Crippen LogP contribution in [0.15, 0.2) is 51.8 Å². The van der Waals surface area contributed by atoms with Crippen molar-refractivity contribution in [1.82, 2.24) is 4.57 Å². The molecule has 0 saturated carbocycles. The highest BCUT2D eigenvalue weighted by molar-refractivity contribution is 7.90. The van der Waals surface area contributed by atoms with Gasteiger partial charge in [-0.2, -0.15) is 8.42 Å². The monoisotopic (exact) mass is 378 g/mol. The van der Waals surface area contributed by atoms with Gasteiger partial charge in [-0.05, 0) is 49.4 Å². The molecule has 3 rings (SSSR count). The molecule has 0 fully saturated rings. The lowest BCUT2D eigenvalue weighted by Gasteiger charge is -2.02. The van der Waals surface area contributed by atoms with E-state index in [1.165, 1.54) is 30.6 Å². The number of sulfonamides is 1. The van der Waals surface area contributed by atoms with E-state index in [4.69, 9.17) is 9.47 Å². The summed E-state index contributed by atoms with van der Waals surface area (Å²) in [6, 6.07) is 11.8. The normalized spacial score (nSPS) is 12.5. The zero-order chi connectivity index (χ0) is 18.0. The van der Waals surface area contributed by atoms with Crippen LogP contribution in [0.2, 0.25) is 0 Å². The molecule has 2 aromatic carbocycles. The summed E-state index contributed by atoms with van der Waals surface area (Å²) in [6.45, 7) is 2.49. The minimum Gasteiger partial charge on any atom is -0.497 e. The average molecular weight is 378 g/mol. The number of nitrogens with zero attached hydrogens (tertiary/aromatic N) is 2. The van der Waals surface area contributed by atoms with Crippen LogP contribution in [0, 0.1) is 0 Å². The number of rotatable bonds is 5. The van der Waals surface area contributed by atoms with Gasteiger partial charge in [0.25, 0.3) is 10.0 Å². The number of benzene rings is 2. The van der Waals surface area contributed by atoms with Crippen molar-refractivity contribution in [1.29, 1.82) is 0 Å². The number of aromatic nitrogens is 1. The van der Waals surface area contributed by atoms with Crippen molar-refractivity contribution < 1.29 is 17.9 Å². The third-order valence-electron chi connectivity index (χ3n) is 3.65. The van der Waals surface area contributed by atoms with Crippen molar-refractivity contribution in [2.45, 2.75) is 11.8 Å². The van der Waals surface area contributed by atoms with Crippen LogP contribution in [0.1, 0.15) is 6.92 Å². The molecule has 0 atom stereocenters. The average Bonchev–Trinajstić information content (AvgIpc) is 2.90. The number of hydrogen-bond donors (Lipinski definition) is 0. The Kier molecular flexibility index (Phi) is 4.82. The molecule has 0 bridgehead atoms. The predicted molar refractivity (Wildman–Crippen MR) is 97.7 cm³/mol. The second kappa shape index (κ2) is 6.89. The van der Waals surface area contributed by atoms with Crippen molar-refractivity contribution in [3.63, 3.8) is 0 Å². The van der Waals surface area contributed by atoms with Gasteiger partial charge < -0.3 is 14.0 Å². The van der Waals surface area contributed by atoms with Gasteiger partial charge in [0, 0.05) is 7.05 Å². The van der Waals surface area contributed by atoms with Crippen molar-refractivity contribution in [3.05, 3.63) is 47.3 Å². The number of thiazole rings is 1. The Morgan fingerprint density at radius 2 is 1.80 bits per heavy atom. The van der Waals surface area contributed by atoms with Gasteiger partial charge in [-0.1, -0.05) is 11.3 Å².